The Balaban J connectivity index is 0.000000176. The van der Waals surface area contributed by atoms with E-state index in [4.69, 9.17) is 14.7 Å². The van der Waals surface area contributed by atoms with Gasteiger partial charge in [0.2, 0.25) is 0 Å². The summed E-state index contributed by atoms with van der Waals surface area (Å²) in [5, 5.41) is 8.52. The van der Waals surface area contributed by atoms with Crippen molar-refractivity contribution in [2.45, 2.75) is 18.8 Å². The van der Waals surface area contributed by atoms with Crippen LogP contribution in [-0.4, -0.2) is 9.13 Å². The Labute approximate surface area is 404 Å². The second-order valence-corrected chi connectivity index (χ2v) is 18.3. The van der Waals surface area contributed by atoms with Crippen molar-refractivity contribution in [3.8, 4) is 16.8 Å². The highest BCUT2D eigenvalue weighted by Gasteiger charge is 2.21. The number of hydrogen-bond acceptors (Lipinski definition) is 4. The number of fused-ring (bicyclic) bond motifs is 12. The maximum absolute atomic E-state index is 6.39. The Morgan fingerprint density at radius 1 is 0.514 bits per heavy atom. The minimum Gasteiger partial charge on any atom is -0.456 e. The van der Waals surface area contributed by atoms with Gasteiger partial charge in [-0.05, 0) is 107 Å². The summed E-state index contributed by atoms with van der Waals surface area (Å²) in [6.45, 7) is 0. The van der Waals surface area contributed by atoms with Crippen LogP contribution in [0.25, 0.3) is 105 Å². The average molecular weight is 905 g/mol. The third kappa shape index (κ3) is 6.99. The topological polar surface area (TPSA) is 74.2 Å². The number of nitrogens with two attached hydrogens (primary N) is 1. The molecule has 1 aliphatic rings. The lowest BCUT2D eigenvalue weighted by atomic mass is 9.89. The summed E-state index contributed by atoms with van der Waals surface area (Å²) in [6.07, 6.45) is 8.59. The van der Waals surface area contributed by atoms with E-state index in [0.29, 0.717) is 0 Å². The number of hydrogen-bond donors (Lipinski definition) is 2. The second kappa shape index (κ2) is 17.0. The fourth-order valence-electron chi connectivity index (χ4n) is 10.8. The molecule has 0 fully saturated rings. The van der Waals surface area contributed by atoms with E-state index in [1.165, 1.54) is 71.3 Å². The van der Waals surface area contributed by atoms with E-state index in [1.54, 1.807) is 0 Å². The first-order valence-electron chi connectivity index (χ1n) is 24.0. The van der Waals surface area contributed by atoms with Gasteiger partial charge in [0.05, 0.1) is 22.2 Å². The number of allylic oxidation sites excluding steroid dienone is 2. The molecule has 1 aliphatic carbocycles. The van der Waals surface area contributed by atoms with E-state index in [-0.39, 0.29) is 5.92 Å². The van der Waals surface area contributed by atoms with Crippen LogP contribution in [0.5, 0.6) is 0 Å². The van der Waals surface area contributed by atoms with Crippen molar-refractivity contribution in [3.63, 3.8) is 0 Å². The molecular formula is C64H48N4O2. The normalized spacial score (nSPS) is 12.8. The monoisotopic (exact) mass is 904 g/mol. The van der Waals surface area contributed by atoms with Crippen LogP contribution >= 0.6 is 0 Å². The number of aromatic nitrogens is 2. The van der Waals surface area contributed by atoms with Crippen LogP contribution in [0.1, 0.15) is 40.4 Å². The minimum atomic E-state index is 0.142. The zero-order chi connectivity index (χ0) is 46.7. The molecule has 70 heavy (non-hydrogen) atoms. The summed E-state index contributed by atoms with van der Waals surface area (Å²) >= 11 is 0. The van der Waals surface area contributed by atoms with Gasteiger partial charge in [-0.3, -0.25) is 5.84 Å². The highest BCUT2D eigenvalue weighted by atomic mass is 16.3. The first kappa shape index (κ1) is 41.4. The highest BCUT2D eigenvalue weighted by Crippen LogP contribution is 2.42. The largest absolute Gasteiger partial charge is 0.456 e. The molecule has 6 nitrogen and oxygen atoms in total. The van der Waals surface area contributed by atoms with Crippen LogP contribution in [0.15, 0.2) is 227 Å². The van der Waals surface area contributed by atoms with Gasteiger partial charge in [-0.25, -0.2) is 0 Å². The van der Waals surface area contributed by atoms with Crippen molar-refractivity contribution in [3.05, 3.63) is 246 Å². The smallest absolute Gasteiger partial charge is 0.137 e. The van der Waals surface area contributed by atoms with Crippen molar-refractivity contribution in [1.29, 1.82) is 0 Å². The number of para-hydroxylation sites is 2. The molecule has 4 aromatic heterocycles. The summed E-state index contributed by atoms with van der Waals surface area (Å²) < 4.78 is 17.3. The van der Waals surface area contributed by atoms with Crippen LogP contribution in [0.3, 0.4) is 0 Å². The van der Waals surface area contributed by atoms with Crippen molar-refractivity contribution < 1.29 is 8.83 Å². The molecule has 0 atom stereocenters. The molecule has 0 amide bonds. The molecule has 14 rings (SSSR count). The van der Waals surface area contributed by atoms with Gasteiger partial charge in [0.1, 0.15) is 22.5 Å². The van der Waals surface area contributed by atoms with Crippen molar-refractivity contribution in [2.75, 3.05) is 0 Å². The van der Waals surface area contributed by atoms with Gasteiger partial charge < -0.3 is 23.4 Å². The Bertz CT molecular complexity index is 4120. The van der Waals surface area contributed by atoms with Crippen LogP contribution in [0, 0.1) is 0 Å². The van der Waals surface area contributed by atoms with Crippen molar-refractivity contribution in [2.24, 2.45) is 12.9 Å². The van der Waals surface area contributed by atoms with Gasteiger partial charge in [-0.15, -0.1) is 0 Å². The summed E-state index contributed by atoms with van der Waals surface area (Å²) in [7, 11) is 2.15. The molecule has 4 heterocycles. The molecule has 6 heteroatoms. The summed E-state index contributed by atoms with van der Waals surface area (Å²) in [4.78, 5) is 0. The molecule has 0 spiro atoms. The Morgan fingerprint density at radius 3 is 1.80 bits per heavy atom. The predicted molar refractivity (Wildman–Crippen MR) is 291 cm³/mol. The molecule has 0 aliphatic heterocycles. The lowest BCUT2D eigenvalue weighted by Gasteiger charge is -2.17. The quantitative estimate of drug-likeness (QED) is 0.123. The zero-order valence-corrected chi connectivity index (χ0v) is 38.6. The summed E-state index contributed by atoms with van der Waals surface area (Å²) in [5.41, 5.74) is 19.7. The number of benzene rings is 9. The highest BCUT2D eigenvalue weighted by molar-refractivity contribution is 6.18. The van der Waals surface area contributed by atoms with Crippen LogP contribution in [-0.2, 0) is 13.5 Å². The number of rotatable bonds is 7. The van der Waals surface area contributed by atoms with E-state index in [0.717, 1.165) is 68.6 Å². The lowest BCUT2D eigenvalue weighted by molar-refractivity contribution is 0.595. The third-order valence-electron chi connectivity index (χ3n) is 14.3. The van der Waals surface area contributed by atoms with Gasteiger partial charge in [0.25, 0.3) is 0 Å². The van der Waals surface area contributed by atoms with Crippen molar-refractivity contribution in [1.82, 2.24) is 14.6 Å². The third-order valence-corrected chi connectivity index (χ3v) is 14.3. The molecule has 0 unspecified atom stereocenters. The molecule has 0 saturated heterocycles. The first-order chi connectivity index (χ1) is 34.6. The Morgan fingerprint density at radius 2 is 1.09 bits per heavy atom. The van der Waals surface area contributed by atoms with Gasteiger partial charge in [-0.2, -0.15) is 0 Å². The first-order valence-corrected chi connectivity index (χ1v) is 24.0. The fourth-order valence-corrected chi connectivity index (χ4v) is 10.8. The van der Waals surface area contributed by atoms with E-state index in [9.17, 15) is 0 Å². The number of hydrazine groups is 1. The van der Waals surface area contributed by atoms with E-state index >= 15 is 0 Å². The van der Waals surface area contributed by atoms with Gasteiger partial charge in [0.15, 0.2) is 0 Å². The van der Waals surface area contributed by atoms with Gasteiger partial charge in [0, 0.05) is 79.6 Å². The van der Waals surface area contributed by atoms with E-state index in [1.807, 2.05) is 42.5 Å². The number of aryl methyl sites for hydroxylation is 2. The maximum Gasteiger partial charge on any atom is 0.137 e. The van der Waals surface area contributed by atoms with E-state index in [2.05, 4.69) is 204 Å². The van der Waals surface area contributed by atoms with Gasteiger partial charge >= 0.3 is 0 Å². The molecule has 3 N–H and O–H groups in total. The molecule has 0 saturated carbocycles. The van der Waals surface area contributed by atoms with Crippen LogP contribution < -0.4 is 11.3 Å². The summed E-state index contributed by atoms with van der Waals surface area (Å²) in [5.74, 6) is 6.93. The number of furan rings is 2. The van der Waals surface area contributed by atoms with Crippen molar-refractivity contribution >= 4 is 88.3 Å². The minimum absolute atomic E-state index is 0.142. The molecule has 0 bridgehead atoms. The van der Waals surface area contributed by atoms with Crippen LogP contribution in [0.2, 0.25) is 0 Å². The number of nitrogens with zero attached hydrogens (tertiary/aromatic N) is 2. The Kier molecular flexibility index (Phi) is 10.1. The summed E-state index contributed by atoms with van der Waals surface area (Å²) in [6, 6.07) is 72.9. The van der Waals surface area contributed by atoms with Gasteiger partial charge in [-0.1, -0.05) is 146 Å². The standard InChI is InChI=1S/C43H28N2O2.C21H20N2/c1-44-36-17-15-25(19-30(36)32-21-34-28-11-5-7-13-40(28)46-42(34)23-38(32)44)26-16-18-37-31(20-26)33-22-35-29-12-6-8-14-41(29)47-43(35)24-39(33)45(37)27-9-3-2-4-10-27;22-23-21(19-14-8-3-9-15-19)16-20(17-10-4-1-5-11-17)18-12-6-2-7-13-18/h2-5,7-11,13-24H,6,12H2,1H3;1-16,20,23H,22H2/b;21-16-. The SMILES string of the molecule is Cn1c2ccc(-c3ccc4c(c3)c3cc5c6c(oc5cc3n4-c3ccccc3)C=CCC6)cc2c2cc3c(cc21)oc1ccccc13.NN/C(=C\C(c1ccccc1)c1ccccc1)c1ccccc1. The van der Waals surface area contributed by atoms with Crippen LogP contribution in [0.4, 0.5) is 0 Å². The second-order valence-electron chi connectivity index (χ2n) is 18.3. The predicted octanol–water partition coefficient (Wildman–Crippen LogP) is 16.0. The lowest BCUT2D eigenvalue weighted by Crippen LogP contribution is -2.20. The molecule has 9 aromatic carbocycles. The molecule has 0 radical (unpaired) electrons. The average Bonchev–Trinajstić information content (AvgIpc) is 4.15. The Hall–Kier alpha value is -8.84. The van der Waals surface area contributed by atoms with E-state index < -0.39 is 0 Å². The zero-order valence-electron chi connectivity index (χ0n) is 38.6. The number of nitrogens with one attached hydrogen (secondary N) is 1. The molecular weight excluding hydrogens is 857 g/mol. The molecule has 13 aromatic rings. The maximum atomic E-state index is 6.39. The fraction of sp³-hybridized carbons (Fsp3) is 0.0625. The molecule has 336 valence electrons.